The van der Waals surface area contributed by atoms with Gasteiger partial charge in [0.2, 0.25) is 0 Å². The lowest BCUT2D eigenvalue weighted by atomic mass is 10.0. The van der Waals surface area contributed by atoms with Crippen LogP contribution in [-0.2, 0) is 4.79 Å². The van der Waals surface area contributed by atoms with Crippen molar-refractivity contribution in [1.82, 2.24) is 19.4 Å². The third kappa shape index (κ3) is 4.60. The SMILES string of the molecule is Cc1ccnc(C(C)C)c1-n1c(=O)c([N+](=O)[O-])c(N2C[C@@H](C)N(C(=O)O)C[C@@H]2C(=O)O)c2cc(F)c(Cl)nc21. The lowest BCUT2D eigenvalue weighted by molar-refractivity contribution is -0.385. The number of piperazine rings is 1. The van der Waals surface area contributed by atoms with E-state index in [1.165, 1.54) is 13.1 Å². The molecular weight excluding hydrogens is 539 g/mol. The predicted molar refractivity (Wildman–Crippen MR) is 139 cm³/mol. The number of carboxylic acids is 1. The molecule has 3 aromatic rings. The van der Waals surface area contributed by atoms with Crippen LogP contribution in [0.5, 0.6) is 0 Å². The second-order valence-corrected chi connectivity index (χ2v) is 9.89. The van der Waals surface area contributed by atoms with Gasteiger partial charge in [-0.3, -0.25) is 24.5 Å². The van der Waals surface area contributed by atoms with E-state index in [1.54, 1.807) is 13.0 Å². The third-order valence-corrected chi connectivity index (χ3v) is 6.94. The van der Waals surface area contributed by atoms with Crippen LogP contribution < -0.4 is 10.5 Å². The number of pyridine rings is 3. The van der Waals surface area contributed by atoms with E-state index in [4.69, 9.17) is 11.6 Å². The van der Waals surface area contributed by atoms with E-state index in [2.05, 4.69) is 9.97 Å². The molecule has 2 N–H and O–H groups in total. The number of rotatable bonds is 5. The molecule has 1 saturated heterocycles. The van der Waals surface area contributed by atoms with Gasteiger partial charge in [0.25, 0.3) is 0 Å². The number of aliphatic carboxylic acids is 1. The molecule has 0 radical (unpaired) electrons. The lowest BCUT2D eigenvalue weighted by Gasteiger charge is -2.43. The van der Waals surface area contributed by atoms with Crippen molar-refractivity contribution in [2.45, 2.75) is 45.7 Å². The van der Waals surface area contributed by atoms with Gasteiger partial charge in [-0.15, -0.1) is 0 Å². The van der Waals surface area contributed by atoms with Crippen molar-refractivity contribution in [3.8, 4) is 5.69 Å². The zero-order chi connectivity index (χ0) is 28.9. The van der Waals surface area contributed by atoms with E-state index >= 15 is 0 Å². The zero-order valence-corrected chi connectivity index (χ0v) is 22.0. The summed E-state index contributed by atoms with van der Waals surface area (Å²) in [5, 5.41) is 31.1. The van der Waals surface area contributed by atoms with Crippen LogP contribution in [0.2, 0.25) is 5.15 Å². The number of nitro groups is 1. The number of fused-ring (bicyclic) bond motifs is 1. The number of amides is 1. The van der Waals surface area contributed by atoms with Crippen LogP contribution in [0.25, 0.3) is 16.7 Å². The minimum atomic E-state index is -1.63. The fraction of sp³-hybridized carbons (Fsp3) is 0.375. The Morgan fingerprint density at radius 2 is 1.92 bits per heavy atom. The molecule has 1 amide bonds. The fourth-order valence-electron chi connectivity index (χ4n) is 4.88. The standard InChI is InChI=1S/C24H24ClFN6O7/c1-10(2)16-17(11(3)5-6-27-16)31-21-13(7-14(26)20(25)28-21)18(19(22(31)33)32(38)39)30-8-12(4)29(24(36)37)9-15(30)23(34)35/h5-7,10,12,15H,8-9H2,1-4H3,(H,34,35)(H,36,37)/t12-,15-/m1/s1. The van der Waals surface area contributed by atoms with Crippen molar-refractivity contribution in [2.75, 3.05) is 18.0 Å². The highest BCUT2D eigenvalue weighted by atomic mass is 35.5. The van der Waals surface area contributed by atoms with E-state index in [0.29, 0.717) is 11.3 Å². The maximum Gasteiger partial charge on any atom is 0.407 e. The third-order valence-electron chi connectivity index (χ3n) is 6.67. The van der Waals surface area contributed by atoms with Crippen LogP contribution >= 0.6 is 11.6 Å². The van der Waals surface area contributed by atoms with E-state index in [1.807, 2.05) is 13.8 Å². The molecule has 0 unspecified atom stereocenters. The first-order chi connectivity index (χ1) is 18.3. The second kappa shape index (κ2) is 10.1. The molecule has 2 atom stereocenters. The number of halogens is 2. The molecule has 0 aliphatic carbocycles. The van der Waals surface area contributed by atoms with Crippen molar-refractivity contribution in [1.29, 1.82) is 0 Å². The van der Waals surface area contributed by atoms with Crippen LogP contribution in [0.4, 0.5) is 20.6 Å². The molecule has 0 bridgehead atoms. The lowest BCUT2D eigenvalue weighted by Crippen LogP contribution is -2.61. The summed E-state index contributed by atoms with van der Waals surface area (Å²) < 4.78 is 15.8. The smallest absolute Gasteiger partial charge is 0.407 e. The average Bonchev–Trinajstić information content (AvgIpc) is 2.84. The minimum Gasteiger partial charge on any atom is -0.480 e. The summed E-state index contributed by atoms with van der Waals surface area (Å²) in [6, 6.07) is 0.00186. The highest BCUT2D eigenvalue weighted by Crippen LogP contribution is 2.39. The number of hydrogen-bond donors (Lipinski definition) is 2. The molecule has 1 aliphatic heterocycles. The molecule has 0 spiro atoms. The average molecular weight is 563 g/mol. The van der Waals surface area contributed by atoms with Crippen molar-refractivity contribution >= 4 is 46.1 Å². The van der Waals surface area contributed by atoms with Gasteiger partial charge in [0, 0.05) is 18.8 Å². The Morgan fingerprint density at radius 3 is 2.49 bits per heavy atom. The highest BCUT2D eigenvalue weighted by Gasteiger charge is 2.43. The van der Waals surface area contributed by atoms with Crippen LogP contribution in [0.3, 0.4) is 0 Å². The maximum absolute atomic E-state index is 14.9. The molecule has 4 rings (SSSR count). The molecule has 15 heteroatoms. The van der Waals surface area contributed by atoms with Crippen molar-refractivity contribution in [3.05, 3.63) is 61.0 Å². The van der Waals surface area contributed by atoms with Crippen LogP contribution in [0, 0.1) is 22.9 Å². The van der Waals surface area contributed by atoms with Gasteiger partial charge >= 0.3 is 23.3 Å². The molecule has 3 aromatic heterocycles. The topological polar surface area (TPSA) is 172 Å². The molecule has 1 aliphatic rings. The van der Waals surface area contributed by atoms with Gasteiger partial charge in [-0.2, -0.15) is 0 Å². The summed E-state index contributed by atoms with van der Waals surface area (Å²) in [6.07, 6.45) is 0.140. The van der Waals surface area contributed by atoms with E-state index < -0.39 is 63.5 Å². The van der Waals surface area contributed by atoms with Crippen LogP contribution in [-0.4, -0.2) is 71.8 Å². The fourth-order valence-corrected chi connectivity index (χ4v) is 5.02. The molecule has 39 heavy (non-hydrogen) atoms. The van der Waals surface area contributed by atoms with Gasteiger partial charge < -0.3 is 20.0 Å². The first-order valence-corrected chi connectivity index (χ1v) is 12.2. The molecule has 0 aromatic carbocycles. The molecule has 0 saturated carbocycles. The zero-order valence-electron chi connectivity index (χ0n) is 21.3. The summed E-state index contributed by atoms with van der Waals surface area (Å²) in [6.45, 7) is 5.87. The number of anilines is 1. The minimum absolute atomic E-state index is 0.200. The van der Waals surface area contributed by atoms with Gasteiger partial charge in [-0.1, -0.05) is 25.4 Å². The van der Waals surface area contributed by atoms with Gasteiger partial charge in [-0.05, 0) is 37.5 Å². The van der Waals surface area contributed by atoms with Gasteiger partial charge in [0.1, 0.15) is 11.7 Å². The number of hydrogen-bond acceptors (Lipinski definition) is 8. The van der Waals surface area contributed by atoms with Crippen LogP contribution in [0.1, 0.15) is 37.9 Å². The first kappa shape index (κ1) is 27.7. The van der Waals surface area contributed by atoms with Gasteiger partial charge in [-0.25, -0.2) is 19.0 Å². The molecule has 1 fully saturated rings. The molecule has 206 valence electrons. The van der Waals surface area contributed by atoms with Gasteiger partial charge in [0.15, 0.2) is 16.6 Å². The monoisotopic (exact) mass is 562 g/mol. The quantitative estimate of drug-likeness (QED) is 0.266. The Balaban J connectivity index is 2.19. The largest absolute Gasteiger partial charge is 0.480 e. The predicted octanol–water partition coefficient (Wildman–Crippen LogP) is 3.55. The van der Waals surface area contributed by atoms with Crippen molar-refractivity contribution in [3.63, 3.8) is 0 Å². The van der Waals surface area contributed by atoms with Crippen molar-refractivity contribution < 1.29 is 29.1 Å². The number of carbonyl (C=O) groups is 2. The Hall–Kier alpha value is -4.33. The highest BCUT2D eigenvalue weighted by molar-refractivity contribution is 6.30. The normalized spacial score (nSPS) is 17.6. The Bertz CT molecular complexity index is 1590. The number of carboxylic acid groups (broad SMARTS) is 2. The van der Waals surface area contributed by atoms with E-state index in [-0.39, 0.29) is 29.2 Å². The number of aryl methyl sites for hydroxylation is 1. The summed E-state index contributed by atoms with van der Waals surface area (Å²) in [5.74, 6) is -2.79. The number of nitrogens with zero attached hydrogens (tertiary/aromatic N) is 6. The maximum atomic E-state index is 14.9. The summed E-state index contributed by atoms with van der Waals surface area (Å²) in [7, 11) is 0. The second-order valence-electron chi connectivity index (χ2n) is 9.53. The molecular formula is C24H24ClFN6O7. The molecule has 4 heterocycles. The van der Waals surface area contributed by atoms with E-state index in [9.17, 15) is 39.1 Å². The van der Waals surface area contributed by atoms with E-state index in [0.717, 1.165) is 20.4 Å². The summed E-state index contributed by atoms with van der Waals surface area (Å²) >= 11 is 6.01. The van der Waals surface area contributed by atoms with Crippen molar-refractivity contribution in [2.24, 2.45) is 0 Å². The number of aromatic nitrogens is 3. The first-order valence-electron chi connectivity index (χ1n) is 11.8. The Morgan fingerprint density at radius 1 is 1.26 bits per heavy atom. The Kier molecular flexibility index (Phi) is 7.17. The Labute approximate surface area is 225 Å². The van der Waals surface area contributed by atoms with Gasteiger partial charge in [0.05, 0.1) is 28.2 Å². The molecule has 13 nitrogen and oxygen atoms in total. The summed E-state index contributed by atoms with van der Waals surface area (Å²) in [4.78, 5) is 59.8. The summed E-state index contributed by atoms with van der Waals surface area (Å²) in [5.41, 5.74) is -1.78. The van der Waals surface area contributed by atoms with Crippen LogP contribution in [0.15, 0.2) is 23.1 Å².